The Morgan fingerprint density at radius 1 is 0.879 bits per heavy atom. The molecule has 6 atom stereocenters. The fourth-order valence-electron chi connectivity index (χ4n) is 5.56. The van der Waals surface area contributed by atoms with Crippen LogP contribution in [0.3, 0.4) is 0 Å². The lowest BCUT2D eigenvalue weighted by molar-refractivity contribution is -0.212. The van der Waals surface area contributed by atoms with Crippen LogP contribution in [0.25, 0.3) is 0 Å². The van der Waals surface area contributed by atoms with Crippen molar-refractivity contribution in [3.8, 4) is 5.75 Å². The van der Waals surface area contributed by atoms with Gasteiger partial charge in [-0.3, -0.25) is 4.55 Å². The summed E-state index contributed by atoms with van der Waals surface area (Å²) in [7, 11) is -6.33. The van der Waals surface area contributed by atoms with Crippen LogP contribution in [0.15, 0.2) is 54.6 Å². The minimum absolute atomic E-state index is 0.00706. The molecule has 11 heteroatoms. The Morgan fingerprint density at radius 2 is 1.45 bits per heavy atom. The molecule has 3 aliphatic rings. The summed E-state index contributed by atoms with van der Waals surface area (Å²) in [6.45, 7) is 0. The van der Waals surface area contributed by atoms with Crippen LogP contribution < -0.4 is 0 Å². The summed E-state index contributed by atoms with van der Waals surface area (Å²) in [6, 6.07) is 14.6. The summed E-state index contributed by atoms with van der Waals surface area (Å²) in [6.07, 6.45) is -1.95. The van der Waals surface area contributed by atoms with Gasteiger partial charge in [-0.05, 0) is 48.9 Å². The van der Waals surface area contributed by atoms with Gasteiger partial charge in [0.15, 0.2) is 0 Å². The Kier molecular flexibility index (Phi) is 4.89. The maximum Gasteiger partial charge on any atom is 0.431 e. The third kappa shape index (κ3) is 3.13. The van der Waals surface area contributed by atoms with Crippen LogP contribution in [0.5, 0.6) is 5.75 Å². The molecule has 2 aromatic rings. The molecule has 6 unspecified atom stereocenters. The molecule has 0 amide bonds. The van der Waals surface area contributed by atoms with Gasteiger partial charge in [-0.25, -0.2) is 0 Å². The van der Waals surface area contributed by atoms with Crippen molar-refractivity contribution in [1.29, 1.82) is 0 Å². The second-order valence-electron chi connectivity index (χ2n) is 8.81. The summed E-state index contributed by atoms with van der Waals surface area (Å²) in [5.74, 6) is -10.2. The van der Waals surface area contributed by atoms with Gasteiger partial charge in [0.1, 0.15) is 5.75 Å². The molecule has 1 heterocycles. The number of benzene rings is 2. The Balaban J connectivity index is 1.53. The molecule has 33 heavy (non-hydrogen) atoms. The molecule has 3 fully saturated rings. The Morgan fingerprint density at radius 3 is 2.06 bits per heavy atom. The average Bonchev–Trinajstić information content (AvgIpc) is 3.45. The van der Waals surface area contributed by atoms with Crippen LogP contribution in [0.4, 0.5) is 17.6 Å². The molecule has 6 nitrogen and oxygen atoms in total. The van der Waals surface area contributed by atoms with Crippen LogP contribution in [0.2, 0.25) is 0 Å². The molecule has 2 bridgehead atoms. The molecule has 1 saturated heterocycles. The standard InChI is InChI=1S/C22H20F4O6S/c23-21(24,22(25,26)33(28,29)30)17-11-12-10-16(17)19-18(12)31-20(32-19,13-4-2-1-3-5-13)14-6-8-15(27)9-7-14/h1-9,12,16-19,27H,10-11H2,(H,28,29,30). The molecule has 0 radical (unpaired) electrons. The predicted octanol–water partition coefficient (Wildman–Crippen LogP) is 4.15. The summed E-state index contributed by atoms with van der Waals surface area (Å²) >= 11 is 0. The van der Waals surface area contributed by atoms with Gasteiger partial charge in [0.05, 0.1) is 12.2 Å². The lowest BCUT2D eigenvalue weighted by atomic mass is 9.81. The molecular weight excluding hydrogens is 468 g/mol. The van der Waals surface area contributed by atoms with E-state index in [-0.39, 0.29) is 12.2 Å². The fourth-order valence-corrected chi connectivity index (χ4v) is 6.06. The molecule has 0 spiro atoms. The van der Waals surface area contributed by atoms with Gasteiger partial charge >= 0.3 is 21.3 Å². The molecule has 2 aliphatic carbocycles. The number of fused-ring (bicyclic) bond motifs is 5. The first-order valence-corrected chi connectivity index (χ1v) is 11.8. The topological polar surface area (TPSA) is 93.1 Å². The van der Waals surface area contributed by atoms with E-state index in [1.165, 1.54) is 12.1 Å². The number of phenols is 1. The van der Waals surface area contributed by atoms with Gasteiger partial charge in [0.25, 0.3) is 0 Å². The average molecular weight is 488 g/mol. The fraction of sp³-hybridized carbons (Fsp3) is 0.455. The molecule has 5 rings (SSSR count). The molecule has 2 N–H and O–H groups in total. The number of rotatable bonds is 5. The zero-order valence-electron chi connectivity index (χ0n) is 16.9. The van der Waals surface area contributed by atoms with E-state index in [1.807, 2.05) is 0 Å². The summed E-state index contributed by atoms with van der Waals surface area (Å²) < 4.78 is 101. The van der Waals surface area contributed by atoms with E-state index in [1.54, 1.807) is 42.5 Å². The first kappa shape index (κ1) is 22.6. The quantitative estimate of drug-likeness (QED) is 0.485. The number of phenolic OH excluding ortho intramolecular Hbond substituents is 1. The van der Waals surface area contributed by atoms with Crippen LogP contribution in [-0.4, -0.2) is 41.5 Å². The van der Waals surface area contributed by atoms with E-state index < -0.39 is 63.5 Å². The van der Waals surface area contributed by atoms with Crippen molar-refractivity contribution < 1.29 is 45.1 Å². The minimum Gasteiger partial charge on any atom is -0.508 e. The van der Waals surface area contributed by atoms with E-state index in [9.17, 15) is 31.1 Å². The van der Waals surface area contributed by atoms with Gasteiger partial charge in [-0.2, -0.15) is 26.0 Å². The number of hydrogen-bond acceptors (Lipinski definition) is 5. The lowest BCUT2D eigenvalue weighted by Gasteiger charge is -2.36. The SMILES string of the molecule is O=S(=O)(O)C(F)(F)C(F)(F)C1CC2CC1C1OC(c3ccccc3)(c3ccc(O)cc3)OC21. The normalized spacial score (nSPS) is 33.9. The van der Waals surface area contributed by atoms with Crippen molar-refractivity contribution in [1.82, 2.24) is 0 Å². The first-order valence-electron chi connectivity index (χ1n) is 10.3. The highest BCUT2D eigenvalue weighted by Gasteiger charge is 2.75. The predicted molar refractivity (Wildman–Crippen MR) is 106 cm³/mol. The molecule has 0 aromatic heterocycles. The van der Waals surface area contributed by atoms with E-state index in [0.29, 0.717) is 11.1 Å². The van der Waals surface area contributed by atoms with Crippen molar-refractivity contribution in [3.05, 3.63) is 65.7 Å². The summed E-state index contributed by atoms with van der Waals surface area (Å²) in [5.41, 5.74) is 1.03. The first-order chi connectivity index (χ1) is 15.4. The van der Waals surface area contributed by atoms with E-state index >= 15 is 0 Å². The van der Waals surface area contributed by atoms with E-state index in [2.05, 4.69) is 0 Å². The van der Waals surface area contributed by atoms with Crippen molar-refractivity contribution in [2.75, 3.05) is 0 Å². The summed E-state index contributed by atoms with van der Waals surface area (Å²) in [4.78, 5) is 0. The third-order valence-electron chi connectivity index (χ3n) is 7.04. The largest absolute Gasteiger partial charge is 0.508 e. The Hall–Kier alpha value is -2.21. The van der Waals surface area contributed by atoms with Crippen LogP contribution in [0.1, 0.15) is 24.0 Å². The number of ether oxygens (including phenoxy) is 2. The second-order valence-corrected chi connectivity index (χ2v) is 10.3. The van der Waals surface area contributed by atoms with Crippen LogP contribution in [-0.2, 0) is 25.4 Å². The zero-order valence-corrected chi connectivity index (χ0v) is 17.8. The monoisotopic (exact) mass is 488 g/mol. The minimum atomic E-state index is -6.33. The summed E-state index contributed by atoms with van der Waals surface area (Å²) in [5, 5.41) is 4.04. The highest BCUT2D eigenvalue weighted by molar-refractivity contribution is 7.87. The van der Waals surface area contributed by atoms with E-state index in [4.69, 9.17) is 14.0 Å². The van der Waals surface area contributed by atoms with Crippen molar-refractivity contribution >= 4 is 10.1 Å². The van der Waals surface area contributed by atoms with Crippen molar-refractivity contribution in [2.45, 2.75) is 42.0 Å². The van der Waals surface area contributed by atoms with Gasteiger partial charge in [0, 0.05) is 17.0 Å². The van der Waals surface area contributed by atoms with Gasteiger partial charge in [0.2, 0.25) is 5.79 Å². The highest BCUT2D eigenvalue weighted by Crippen LogP contribution is 2.63. The Labute approximate surface area is 186 Å². The molecule has 2 aromatic carbocycles. The van der Waals surface area contributed by atoms with E-state index in [0.717, 1.165) is 0 Å². The van der Waals surface area contributed by atoms with Crippen molar-refractivity contribution in [2.24, 2.45) is 17.8 Å². The highest BCUT2D eigenvalue weighted by atomic mass is 32.2. The molecular formula is C22H20F4O6S. The maximum absolute atomic E-state index is 14.8. The zero-order chi connectivity index (χ0) is 23.8. The van der Waals surface area contributed by atoms with Gasteiger partial charge in [-0.15, -0.1) is 0 Å². The maximum atomic E-state index is 14.8. The molecule has 178 valence electrons. The van der Waals surface area contributed by atoms with Gasteiger partial charge in [-0.1, -0.05) is 30.3 Å². The number of alkyl halides is 4. The number of aromatic hydroxyl groups is 1. The lowest BCUT2D eigenvalue weighted by Crippen LogP contribution is -2.55. The Bertz CT molecular complexity index is 1160. The molecule has 2 saturated carbocycles. The smallest absolute Gasteiger partial charge is 0.431 e. The number of hydrogen-bond donors (Lipinski definition) is 2. The third-order valence-corrected chi connectivity index (χ3v) is 7.96. The second kappa shape index (κ2) is 7.14. The van der Waals surface area contributed by atoms with Crippen molar-refractivity contribution in [3.63, 3.8) is 0 Å². The molecule has 1 aliphatic heterocycles. The number of halogens is 4. The van der Waals surface area contributed by atoms with Crippen LogP contribution >= 0.6 is 0 Å². The van der Waals surface area contributed by atoms with Gasteiger partial charge < -0.3 is 14.6 Å². The van der Waals surface area contributed by atoms with Crippen LogP contribution in [0, 0.1) is 17.8 Å².